The first-order chi connectivity index (χ1) is 15.2. The molecule has 2 aromatic rings. The molecule has 2 aliphatic rings. The van der Waals surface area contributed by atoms with Crippen molar-refractivity contribution in [2.75, 3.05) is 74.5 Å². The van der Waals surface area contributed by atoms with E-state index in [1.807, 2.05) is 13.0 Å². The number of amides is 1. The summed E-state index contributed by atoms with van der Waals surface area (Å²) in [6, 6.07) is 2.01. The molecule has 1 amide bonds. The molecule has 0 radical (unpaired) electrons. The highest BCUT2D eigenvalue weighted by molar-refractivity contribution is 7.91. The highest BCUT2D eigenvalue weighted by Gasteiger charge is 2.31. The molecular formula is C19H28N8O3S2. The molecule has 174 valence electrons. The fourth-order valence-electron chi connectivity index (χ4n) is 3.77. The second-order valence-electron chi connectivity index (χ2n) is 7.98. The molecule has 2 fully saturated rings. The summed E-state index contributed by atoms with van der Waals surface area (Å²) in [7, 11) is -1.54. The Balaban J connectivity index is 1.43. The number of aromatic nitrogens is 3. The van der Waals surface area contributed by atoms with Gasteiger partial charge in [-0.25, -0.2) is 23.4 Å². The predicted octanol–water partition coefficient (Wildman–Crippen LogP) is 0.463. The highest BCUT2D eigenvalue weighted by atomic mass is 32.2. The molecule has 0 spiro atoms. The van der Waals surface area contributed by atoms with E-state index in [1.54, 1.807) is 0 Å². The van der Waals surface area contributed by atoms with Crippen molar-refractivity contribution in [1.29, 1.82) is 0 Å². The van der Waals surface area contributed by atoms with Crippen LogP contribution >= 0.6 is 11.3 Å². The third-order valence-corrected chi connectivity index (χ3v) is 8.81. The van der Waals surface area contributed by atoms with Crippen LogP contribution in [0.4, 0.5) is 16.8 Å². The van der Waals surface area contributed by atoms with Crippen LogP contribution in [0.3, 0.4) is 0 Å². The second kappa shape index (κ2) is 9.25. The van der Waals surface area contributed by atoms with Gasteiger partial charge in [0.05, 0.1) is 6.20 Å². The summed E-state index contributed by atoms with van der Waals surface area (Å²) in [5.41, 5.74) is 0. The van der Waals surface area contributed by atoms with Gasteiger partial charge in [0.2, 0.25) is 5.91 Å². The average Bonchev–Trinajstić information content (AvgIpc) is 3.22. The Morgan fingerprint density at radius 1 is 1.00 bits per heavy atom. The van der Waals surface area contributed by atoms with Crippen LogP contribution < -0.4 is 15.1 Å². The molecule has 0 bridgehead atoms. The molecule has 0 atom stereocenters. The molecule has 2 aliphatic heterocycles. The number of carbonyl (C=O) groups is 1. The summed E-state index contributed by atoms with van der Waals surface area (Å²) in [6.45, 7) is 8.86. The van der Waals surface area contributed by atoms with Crippen molar-refractivity contribution >= 4 is 44.0 Å². The van der Waals surface area contributed by atoms with Crippen molar-refractivity contribution in [3.63, 3.8) is 0 Å². The number of nitrogens with one attached hydrogen (secondary N) is 1. The smallest absolute Gasteiger partial charge is 0.254 e. The van der Waals surface area contributed by atoms with Gasteiger partial charge in [-0.3, -0.25) is 4.79 Å². The number of aryl methyl sites for hydroxylation is 1. The lowest BCUT2D eigenvalue weighted by Crippen LogP contribution is -2.49. The van der Waals surface area contributed by atoms with Gasteiger partial charge >= 0.3 is 0 Å². The first kappa shape index (κ1) is 22.8. The number of hydrogen-bond acceptors (Lipinski definition) is 10. The molecule has 1 N–H and O–H groups in total. The van der Waals surface area contributed by atoms with E-state index in [-0.39, 0.29) is 15.2 Å². The average molecular weight is 481 g/mol. The Morgan fingerprint density at radius 3 is 2.12 bits per heavy atom. The Bertz CT molecular complexity index is 1070. The Kier molecular flexibility index (Phi) is 6.60. The highest BCUT2D eigenvalue weighted by Crippen LogP contribution is 2.28. The van der Waals surface area contributed by atoms with E-state index < -0.39 is 10.0 Å². The van der Waals surface area contributed by atoms with E-state index in [0.29, 0.717) is 32.0 Å². The molecule has 0 saturated carbocycles. The third kappa shape index (κ3) is 5.00. The Hall–Kier alpha value is -2.35. The van der Waals surface area contributed by atoms with Crippen LogP contribution in [0.25, 0.3) is 0 Å². The van der Waals surface area contributed by atoms with Crippen LogP contribution in [0.15, 0.2) is 16.5 Å². The maximum absolute atomic E-state index is 13.0. The van der Waals surface area contributed by atoms with E-state index >= 15 is 0 Å². The minimum Gasteiger partial charge on any atom is -0.354 e. The summed E-state index contributed by atoms with van der Waals surface area (Å²) in [5, 5.41) is 2.81. The zero-order valence-electron chi connectivity index (χ0n) is 18.5. The number of piperazine rings is 2. The molecule has 4 rings (SSSR count). The van der Waals surface area contributed by atoms with Crippen molar-refractivity contribution in [2.24, 2.45) is 0 Å². The topological polar surface area (TPSA) is 115 Å². The van der Waals surface area contributed by atoms with E-state index in [0.717, 1.165) is 49.2 Å². The number of hydrogen-bond donors (Lipinski definition) is 1. The molecular weight excluding hydrogens is 452 g/mol. The van der Waals surface area contributed by atoms with Gasteiger partial charge in [0.1, 0.15) is 17.5 Å². The molecule has 11 nitrogen and oxygen atoms in total. The van der Waals surface area contributed by atoms with Gasteiger partial charge in [-0.2, -0.15) is 4.31 Å². The lowest BCUT2D eigenvalue weighted by molar-refractivity contribution is -0.114. The molecule has 32 heavy (non-hydrogen) atoms. The standard InChI is InChI=1S/C19H28N8O3S2/c1-14-21-16(25-6-4-24(3)5-7-25)12-17(22-14)26-8-10-27(11-9-26)32(29,30)18-13-20-19(31-18)23-15(2)28/h12-13H,4-11H2,1-3H3,(H,20,23,28). The number of rotatable bonds is 5. The summed E-state index contributed by atoms with van der Waals surface area (Å²) >= 11 is 0.963. The second-order valence-corrected chi connectivity index (χ2v) is 11.2. The number of anilines is 3. The number of thiazole rings is 1. The Morgan fingerprint density at radius 2 is 1.56 bits per heavy atom. The van der Waals surface area contributed by atoms with Crippen LogP contribution in [0.2, 0.25) is 0 Å². The summed E-state index contributed by atoms with van der Waals surface area (Å²) in [4.78, 5) is 31.1. The van der Waals surface area contributed by atoms with E-state index in [1.165, 1.54) is 17.4 Å². The minimum absolute atomic E-state index is 0.130. The normalized spacial score (nSPS) is 18.7. The van der Waals surface area contributed by atoms with Crippen LogP contribution in [0.5, 0.6) is 0 Å². The molecule has 0 unspecified atom stereocenters. The zero-order valence-corrected chi connectivity index (χ0v) is 20.1. The maximum atomic E-state index is 13.0. The molecule has 2 saturated heterocycles. The number of nitrogens with zero attached hydrogens (tertiary/aromatic N) is 7. The van der Waals surface area contributed by atoms with E-state index in [4.69, 9.17) is 0 Å². The summed E-state index contributed by atoms with van der Waals surface area (Å²) in [5.74, 6) is 2.18. The van der Waals surface area contributed by atoms with Gasteiger partial charge in [0, 0.05) is 65.3 Å². The van der Waals surface area contributed by atoms with Crippen molar-refractivity contribution in [3.05, 3.63) is 18.1 Å². The van der Waals surface area contributed by atoms with Gasteiger partial charge < -0.3 is 20.0 Å². The van der Waals surface area contributed by atoms with Gasteiger partial charge in [0.15, 0.2) is 9.34 Å². The monoisotopic (exact) mass is 480 g/mol. The minimum atomic E-state index is -3.66. The van der Waals surface area contributed by atoms with Crippen LogP contribution in [-0.2, 0) is 14.8 Å². The maximum Gasteiger partial charge on any atom is 0.254 e. The molecule has 13 heteroatoms. The van der Waals surface area contributed by atoms with Gasteiger partial charge in [-0.15, -0.1) is 0 Å². The Labute approximate surface area is 192 Å². The van der Waals surface area contributed by atoms with Crippen molar-refractivity contribution < 1.29 is 13.2 Å². The summed E-state index contributed by atoms with van der Waals surface area (Å²) in [6.07, 6.45) is 1.30. The van der Waals surface area contributed by atoms with Crippen molar-refractivity contribution in [3.8, 4) is 0 Å². The first-order valence-electron chi connectivity index (χ1n) is 10.5. The molecule has 0 aliphatic carbocycles. The van der Waals surface area contributed by atoms with Crippen molar-refractivity contribution in [2.45, 2.75) is 18.1 Å². The first-order valence-corrected chi connectivity index (χ1v) is 12.8. The van der Waals surface area contributed by atoms with Gasteiger partial charge in [-0.05, 0) is 14.0 Å². The SMILES string of the molecule is CC(=O)Nc1ncc(S(=O)(=O)N2CCN(c3cc(N4CCN(C)CC4)nc(C)n3)CC2)s1. The lowest BCUT2D eigenvalue weighted by Gasteiger charge is -2.36. The summed E-state index contributed by atoms with van der Waals surface area (Å²) < 4.78 is 27.6. The lowest BCUT2D eigenvalue weighted by atomic mass is 10.3. The van der Waals surface area contributed by atoms with Gasteiger partial charge in [0.25, 0.3) is 10.0 Å². The third-order valence-electron chi connectivity index (χ3n) is 5.56. The van der Waals surface area contributed by atoms with Gasteiger partial charge in [-0.1, -0.05) is 11.3 Å². The number of sulfonamides is 1. The van der Waals surface area contributed by atoms with E-state index in [2.05, 4.69) is 42.0 Å². The largest absolute Gasteiger partial charge is 0.354 e. The fourth-order valence-corrected chi connectivity index (χ4v) is 6.42. The number of carbonyl (C=O) groups excluding carboxylic acids is 1. The molecule has 2 aromatic heterocycles. The fraction of sp³-hybridized carbons (Fsp3) is 0.579. The van der Waals surface area contributed by atoms with Crippen LogP contribution in [0, 0.1) is 6.92 Å². The number of likely N-dealkylation sites (N-methyl/N-ethyl adjacent to an activating group) is 1. The van der Waals surface area contributed by atoms with Crippen molar-refractivity contribution in [1.82, 2.24) is 24.2 Å². The zero-order chi connectivity index (χ0) is 22.9. The van der Waals surface area contributed by atoms with Crippen LogP contribution in [0.1, 0.15) is 12.7 Å². The van der Waals surface area contributed by atoms with Crippen LogP contribution in [-0.4, -0.2) is 97.9 Å². The predicted molar refractivity (Wildman–Crippen MR) is 124 cm³/mol. The van der Waals surface area contributed by atoms with E-state index in [9.17, 15) is 13.2 Å². The molecule has 4 heterocycles. The molecule has 0 aromatic carbocycles. The quantitative estimate of drug-likeness (QED) is 0.652.